The summed E-state index contributed by atoms with van der Waals surface area (Å²) < 4.78 is 8.18. The van der Waals surface area contributed by atoms with Gasteiger partial charge in [-0.05, 0) is 24.3 Å². The second-order valence-corrected chi connectivity index (χ2v) is 6.93. The quantitative estimate of drug-likeness (QED) is 0.338. The molecule has 0 bridgehead atoms. The molecule has 0 atom stereocenters. The fourth-order valence-electron chi connectivity index (χ4n) is 3.08. The molecule has 0 unspecified atom stereocenters. The van der Waals surface area contributed by atoms with E-state index in [1.807, 2.05) is 5.32 Å². The molecule has 3 heterocycles. The zero-order valence-electron chi connectivity index (χ0n) is 16.6. The molecule has 0 saturated carbocycles. The Morgan fingerprint density at radius 3 is 2.97 bits per heavy atom. The van der Waals surface area contributed by atoms with Gasteiger partial charge in [-0.3, -0.25) is 19.6 Å². The lowest BCUT2D eigenvalue weighted by Crippen LogP contribution is -2.23. The number of nitrogens with one attached hydrogen (secondary N) is 2. The number of carbonyl (C=O) groups excluding carboxylic acids is 2. The lowest BCUT2D eigenvalue weighted by atomic mass is 10.1. The monoisotopic (exact) mass is 450 g/mol. The number of rotatable bonds is 6. The molecule has 4 aromatic rings. The van der Waals surface area contributed by atoms with E-state index in [0.717, 1.165) is 0 Å². The zero-order valence-corrected chi connectivity index (χ0v) is 17.4. The van der Waals surface area contributed by atoms with Crippen molar-refractivity contribution in [1.29, 1.82) is 5.26 Å². The van der Waals surface area contributed by atoms with E-state index in [9.17, 15) is 9.59 Å². The highest BCUT2D eigenvalue weighted by Gasteiger charge is 2.21. The maximum Gasteiger partial charge on any atom is 0.261 e. The Bertz CT molecular complexity index is 1370. The predicted octanol–water partition coefficient (Wildman–Crippen LogP) is 2.10. The number of amides is 2. The van der Waals surface area contributed by atoms with E-state index >= 15 is 0 Å². The van der Waals surface area contributed by atoms with Crippen molar-refractivity contribution in [3.8, 4) is 23.2 Å². The summed E-state index contributed by atoms with van der Waals surface area (Å²) >= 11 is 6.16. The van der Waals surface area contributed by atoms with Crippen LogP contribution < -0.4 is 15.4 Å². The fourth-order valence-corrected chi connectivity index (χ4v) is 3.26. The maximum absolute atomic E-state index is 13.0. The molecular formula is C20H15ClN8O3. The molecule has 0 saturated heterocycles. The summed E-state index contributed by atoms with van der Waals surface area (Å²) in [5, 5.41) is 22.4. The van der Waals surface area contributed by atoms with Crippen molar-refractivity contribution < 1.29 is 14.3 Å². The van der Waals surface area contributed by atoms with E-state index in [1.165, 1.54) is 28.7 Å². The summed E-state index contributed by atoms with van der Waals surface area (Å²) in [5.41, 5.74) is 1.77. The predicted molar refractivity (Wildman–Crippen MR) is 114 cm³/mol. The van der Waals surface area contributed by atoms with Crippen molar-refractivity contribution >= 4 is 34.7 Å². The van der Waals surface area contributed by atoms with Gasteiger partial charge in [-0.15, -0.1) is 0 Å². The van der Waals surface area contributed by atoms with Gasteiger partial charge in [0.25, 0.3) is 11.8 Å². The lowest BCUT2D eigenvalue weighted by molar-refractivity contribution is -0.120. The van der Waals surface area contributed by atoms with Gasteiger partial charge in [0.15, 0.2) is 11.8 Å². The highest BCUT2D eigenvalue weighted by atomic mass is 35.5. The number of carbonyl (C=O) groups is 2. The van der Waals surface area contributed by atoms with Crippen molar-refractivity contribution in [2.75, 3.05) is 12.4 Å². The van der Waals surface area contributed by atoms with E-state index in [2.05, 4.69) is 20.5 Å². The van der Waals surface area contributed by atoms with Crippen LogP contribution in [0.3, 0.4) is 0 Å². The summed E-state index contributed by atoms with van der Waals surface area (Å²) in [4.78, 5) is 29.0. The summed E-state index contributed by atoms with van der Waals surface area (Å²) in [7, 11) is 1.49. The summed E-state index contributed by atoms with van der Waals surface area (Å²) in [6.07, 6.45) is 7.68. The number of ether oxygens (including phenoxy) is 1. The number of nitriles is 1. The second kappa shape index (κ2) is 8.75. The first-order valence-electron chi connectivity index (χ1n) is 9.19. The zero-order chi connectivity index (χ0) is 22.7. The molecule has 0 aliphatic carbocycles. The number of fused-ring (bicyclic) bond motifs is 1. The standard InChI is InChI=1S/C20H15ClN8O3/c1-32-16-4-3-12(21)7-13(16)18-15(9-28(27-18)10-17(30)24-11-22)26-20(31)14-8-25-29-6-2-5-23-19(14)29/h2-9H,10H2,1H3,(H,24,30)(H,26,31). The maximum atomic E-state index is 13.0. The van der Waals surface area contributed by atoms with Crippen LogP contribution in [0.5, 0.6) is 5.75 Å². The van der Waals surface area contributed by atoms with Crippen LogP contribution >= 0.6 is 11.6 Å². The van der Waals surface area contributed by atoms with Crippen LogP contribution in [0, 0.1) is 11.5 Å². The summed E-state index contributed by atoms with van der Waals surface area (Å²) in [6, 6.07) is 6.65. The molecule has 1 aromatic carbocycles. The molecule has 4 rings (SSSR count). The molecule has 12 heteroatoms. The van der Waals surface area contributed by atoms with Crippen molar-refractivity contribution in [3.05, 3.63) is 59.6 Å². The average Bonchev–Trinajstić information content (AvgIpc) is 3.38. The normalized spacial score (nSPS) is 10.5. The minimum absolute atomic E-state index is 0.239. The van der Waals surface area contributed by atoms with Gasteiger partial charge >= 0.3 is 0 Å². The second-order valence-electron chi connectivity index (χ2n) is 6.49. The molecule has 0 aliphatic heterocycles. The van der Waals surface area contributed by atoms with E-state index < -0.39 is 11.8 Å². The molecule has 0 radical (unpaired) electrons. The van der Waals surface area contributed by atoms with Crippen molar-refractivity contribution in [2.45, 2.75) is 6.54 Å². The van der Waals surface area contributed by atoms with Crippen molar-refractivity contribution in [2.24, 2.45) is 0 Å². The molecule has 32 heavy (non-hydrogen) atoms. The topological polar surface area (TPSA) is 139 Å². The number of aromatic nitrogens is 5. The van der Waals surface area contributed by atoms with Gasteiger partial charge in [-0.25, -0.2) is 9.50 Å². The number of benzene rings is 1. The molecule has 160 valence electrons. The Morgan fingerprint density at radius 2 is 2.19 bits per heavy atom. The van der Waals surface area contributed by atoms with Crippen LogP contribution in [0.4, 0.5) is 5.69 Å². The largest absolute Gasteiger partial charge is 0.496 e. The number of hydrogen-bond donors (Lipinski definition) is 2. The minimum Gasteiger partial charge on any atom is -0.496 e. The van der Waals surface area contributed by atoms with Crippen LogP contribution in [0.25, 0.3) is 16.9 Å². The highest BCUT2D eigenvalue weighted by molar-refractivity contribution is 6.31. The Balaban J connectivity index is 1.75. The van der Waals surface area contributed by atoms with Crippen LogP contribution in [-0.2, 0) is 11.3 Å². The van der Waals surface area contributed by atoms with E-state index in [1.54, 1.807) is 42.9 Å². The molecular weight excluding hydrogens is 436 g/mol. The third kappa shape index (κ3) is 4.07. The highest BCUT2D eigenvalue weighted by Crippen LogP contribution is 2.36. The number of hydrogen-bond acceptors (Lipinski definition) is 7. The van der Waals surface area contributed by atoms with Crippen LogP contribution in [0.2, 0.25) is 5.02 Å². The van der Waals surface area contributed by atoms with Gasteiger partial charge in [0, 0.05) is 29.2 Å². The first kappa shape index (κ1) is 20.8. The molecule has 3 aromatic heterocycles. The third-order valence-electron chi connectivity index (χ3n) is 4.45. The molecule has 0 aliphatic rings. The first-order chi connectivity index (χ1) is 15.5. The SMILES string of the molecule is COc1ccc(Cl)cc1-c1nn(CC(=O)NC#N)cc1NC(=O)c1cnn2cccnc12. The fraction of sp³-hybridized carbons (Fsp3) is 0.100. The molecule has 0 fully saturated rings. The first-order valence-corrected chi connectivity index (χ1v) is 9.57. The molecule has 0 spiro atoms. The van der Waals surface area contributed by atoms with Crippen LogP contribution in [-0.4, -0.2) is 43.3 Å². The van der Waals surface area contributed by atoms with Crippen LogP contribution in [0.15, 0.2) is 49.1 Å². The van der Waals surface area contributed by atoms with Gasteiger partial charge in [-0.1, -0.05) is 11.6 Å². The number of nitrogens with zero attached hydrogens (tertiary/aromatic N) is 6. The van der Waals surface area contributed by atoms with Crippen LogP contribution in [0.1, 0.15) is 10.4 Å². The number of anilines is 1. The number of methoxy groups -OCH3 is 1. The van der Waals surface area contributed by atoms with Gasteiger partial charge in [-0.2, -0.15) is 15.5 Å². The average molecular weight is 451 g/mol. The Hall–Kier alpha value is -4.43. The van der Waals surface area contributed by atoms with Crippen molar-refractivity contribution in [1.82, 2.24) is 29.7 Å². The molecule has 2 amide bonds. The van der Waals surface area contributed by atoms with Crippen molar-refractivity contribution in [3.63, 3.8) is 0 Å². The van der Waals surface area contributed by atoms with E-state index in [0.29, 0.717) is 33.4 Å². The van der Waals surface area contributed by atoms with E-state index in [4.69, 9.17) is 21.6 Å². The Morgan fingerprint density at radius 1 is 1.34 bits per heavy atom. The smallest absolute Gasteiger partial charge is 0.261 e. The molecule has 11 nitrogen and oxygen atoms in total. The Labute approximate surface area is 186 Å². The summed E-state index contributed by atoms with van der Waals surface area (Å²) in [6.45, 7) is -0.239. The minimum atomic E-state index is -0.565. The van der Waals surface area contributed by atoms with Gasteiger partial charge in [0.1, 0.15) is 23.6 Å². The molecule has 2 N–H and O–H groups in total. The summed E-state index contributed by atoms with van der Waals surface area (Å²) in [5.74, 6) is -0.569. The number of halogens is 1. The lowest BCUT2D eigenvalue weighted by Gasteiger charge is -2.09. The third-order valence-corrected chi connectivity index (χ3v) is 4.69. The van der Waals surface area contributed by atoms with E-state index in [-0.39, 0.29) is 12.1 Å². The van der Waals surface area contributed by atoms with Gasteiger partial charge in [0.05, 0.1) is 19.0 Å². The van der Waals surface area contributed by atoms with Gasteiger partial charge < -0.3 is 10.1 Å². The van der Waals surface area contributed by atoms with Gasteiger partial charge in [0.2, 0.25) is 0 Å². The Kier molecular flexibility index (Phi) is 5.69.